The fourth-order valence-electron chi connectivity index (χ4n) is 5.89. The third kappa shape index (κ3) is 39.0. The largest absolute Gasteiger partial charge is 0.460 e. The van der Waals surface area contributed by atoms with Gasteiger partial charge in [-0.15, -0.1) is 0 Å². The molecule has 0 aromatic carbocycles. The Kier molecular flexibility index (Phi) is 31.9. The average molecular weight is 987 g/mol. The summed E-state index contributed by atoms with van der Waals surface area (Å²) in [6.07, 6.45) is 10.2. The second-order valence-corrected chi connectivity index (χ2v) is 19.3. The number of esters is 2. The van der Waals surface area contributed by atoms with Crippen LogP contribution in [0.5, 0.6) is 0 Å². The maximum Gasteiger partial charge on any atom is 0.431 e. The number of nitrogens with one attached hydrogen (secondary N) is 8. The molecule has 2 atom stereocenters. The smallest absolute Gasteiger partial charge is 0.431 e. The molecule has 0 aromatic rings. The first-order valence-corrected chi connectivity index (χ1v) is 23.8. The van der Waals surface area contributed by atoms with Crippen LogP contribution in [0, 0.1) is 0 Å². The van der Waals surface area contributed by atoms with Crippen LogP contribution in [-0.4, -0.2) is 139 Å². The van der Waals surface area contributed by atoms with Crippen LogP contribution < -0.4 is 42.7 Å². The van der Waals surface area contributed by atoms with Gasteiger partial charge in [0, 0.05) is 25.8 Å². The van der Waals surface area contributed by atoms with Gasteiger partial charge >= 0.3 is 18.0 Å². The summed E-state index contributed by atoms with van der Waals surface area (Å²) < 4.78 is 15.8. The minimum absolute atomic E-state index is 0.00425. The molecular weight excluding hydrogens is 905 g/mol. The van der Waals surface area contributed by atoms with Crippen LogP contribution in [0.4, 0.5) is 4.79 Å². The van der Waals surface area contributed by atoms with Crippen molar-refractivity contribution in [3.8, 4) is 0 Å². The van der Waals surface area contributed by atoms with Gasteiger partial charge in [0.1, 0.15) is 28.9 Å². The molecule has 8 amide bonds. The zero-order valence-corrected chi connectivity index (χ0v) is 42.4. The highest BCUT2D eigenvalue weighted by Gasteiger charge is 2.28. The van der Waals surface area contributed by atoms with Crippen molar-refractivity contribution in [1.29, 1.82) is 0 Å². The van der Waals surface area contributed by atoms with Gasteiger partial charge in [0.25, 0.3) is 0 Å². The molecule has 0 saturated heterocycles. The van der Waals surface area contributed by atoms with E-state index in [9.17, 15) is 53.1 Å². The van der Waals surface area contributed by atoms with Crippen molar-refractivity contribution in [2.24, 2.45) is 0 Å². The Morgan fingerprint density at radius 3 is 1.32 bits per heavy atom. The number of carbonyl (C=O) groups excluding carboxylic acids is 10. The molecule has 0 aliphatic heterocycles. The van der Waals surface area contributed by atoms with E-state index >= 15 is 0 Å². The molecule has 0 spiro atoms. The molecule has 396 valence electrons. The number of amides is 8. The van der Waals surface area contributed by atoms with E-state index in [1.165, 1.54) is 0 Å². The summed E-state index contributed by atoms with van der Waals surface area (Å²) >= 11 is 0. The second kappa shape index (κ2) is 34.7. The summed E-state index contributed by atoms with van der Waals surface area (Å²) in [4.78, 5) is 128. The number of rotatable bonds is 34. The molecular formula is C46H82N8O15. The topological polar surface area (TPSA) is 324 Å². The normalized spacial score (nSPS) is 12.3. The molecule has 0 aliphatic rings. The molecule has 0 bridgehead atoms. The Bertz CT molecular complexity index is 1640. The quantitative estimate of drug-likeness (QED) is 0.0191. The van der Waals surface area contributed by atoms with Gasteiger partial charge in [-0.25, -0.2) is 9.59 Å². The lowest BCUT2D eigenvalue weighted by Crippen LogP contribution is -2.51. The zero-order valence-electron chi connectivity index (χ0n) is 42.4. The van der Waals surface area contributed by atoms with Crippen LogP contribution >= 0.6 is 0 Å². The summed E-state index contributed by atoms with van der Waals surface area (Å²) in [5.41, 5.74) is 0.00968. The van der Waals surface area contributed by atoms with Crippen LogP contribution in [0.15, 0.2) is 0 Å². The summed E-state index contributed by atoms with van der Waals surface area (Å²) in [7, 11) is 0. The van der Waals surface area contributed by atoms with Crippen molar-refractivity contribution < 1.29 is 72.1 Å². The van der Waals surface area contributed by atoms with Crippen molar-refractivity contribution in [1.82, 2.24) is 42.7 Å². The van der Waals surface area contributed by atoms with Crippen molar-refractivity contribution in [2.45, 2.75) is 188 Å². The van der Waals surface area contributed by atoms with E-state index in [-0.39, 0.29) is 44.3 Å². The second-order valence-electron chi connectivity index (χ2n) is 19.3. The average Bonchev–Trinajstić information content (AvgIpc) is 3.23. The minimum atomic E-state index is -1.47. The van der Waals surface area contributed by atoms with Crippen molar-refractivity contribution in [3.63, 3.8) is 0 Å². The number of unbranched alkanes of at least 4 members (excludes halogenated alkanes) is 10. The SMILES string of the molecule is CC(C)(C)OC(=O)CCCCCCCCCCCCCC(=O)N[C@@H](CCC(=O)N[C@@H](CO)C(=O)NCC(=O)NCC(=O)NCC(=O)NCC(=O)NCCONC(=O)OC(C)(C)C)C(=O)OC(C)(C)C. The van der Waals surface area contributed by atoms with Crippen LogP contribution in [0.2, 0.25) is 0 Å². The summed E-state index contributed by atoms with van der Waals surface area (Å²) in [6, 6.07) is -2.63. The van der Waals surface area contributed by atoms with Crippen LogP contribution in [0.1, 0.15) is 159 Å². The molecule has 0 heterocycles. The highest BCUT2D eigenvalue weighted by molar-refractivity contribution is 5.93. The van der Waals surface area contributed by atoms with E-state index in [1.54, 1.807) is 41.5 Å². The third-order valence-electron chi connectivity index (χ3n) is 9.07. The lowest BCUT2D eigenvalue weighted by molar-refractivity contribution is -0.159. The predicted molar refractivity (Wildman–Crippen MR) is 252 cm³/mol. The van der Waals surface area contributed by atoms with E-state index in [0.29, 0.717) is 12.8 Å². The van der Waals surface area contributed by atoms with Crippen molar-refractivity contribution in [3.05, 3.63) is 0 Å². The molecule has 0 radical (unpaired) electrons. The highest BCUT2D eigenvalue weighted by Crippen LogP contribution is 2.15. The fourth-order valence-corrected chi connectivity index (χ4v) is 5.89. The molecule has 23 nitrogen and oxygen atoms in total. The Balaban J connectivity index is 4.49. The zero-order chi connectivity index (χ0) is 52.5. The Morgan fingerprint density at radius 1 is 0.449 bits per heavy atom. The lowest BCUT2D eigenvalue weighted by Gasteiger charge is -2.25. The molecule has 0 saturated carbocycles. The number of hydrogen-bond donors (Lipinski definition) is 9. The van der Waals surface area contributed by atoms with E-state index < -0.39 is 109 Å². The van der Waals surface area contributed by atoms with Crippen LogP contribution in [0.25, 0.3) is 0 Å². The Morgan fingerprint density at radius 2 is 0.855 bits per heavy atom. The maximum atomic E-state index is 13.0. The molecule has 0 aliphatic carbocycles. The van der Waals surface area contributed by atoms with Crippen molar-refractivity contribution >= 4 is 59.4 Å². The van der Waals surface area contributed by atoms with Gasteiger partial charge in [0.2, 0.25) is 41.4 Å². The summed E-state index contributed by atoms with van der Waals surface area (Å²) in [5.74, 6) is -5.76. The first-order valence-electron chi connectivity index (χ1n) is 23.8. The maximum absolute atomic E-state index is 13.0. The van der Waals surface area contributed by atoms with Gasteiger partial charge in [-0.3, -0.25) is 43.2 Å². The lowest BCUT2D eigenvalue weighted by atomic mass is 10.0. The first kappa shape index (κ1) is 63.4. The van der Waals surface area contributed by atoms with E-state index in [1.807, 2.05) is 20.8 Å². The summed E-state index contributed by atoms with van der Waals surface area (Å²) in [6.45, 7) is 12.6. The van der Waals surface area contributed by atoms with Gasteiger partial charge in [0.05, 0.1) is 39.4 Å². The highest BCUT2D eigenvalue weighted by atomic mass is 16.7. The number of ether oxygens (including phenoxy) is 3. The number of aliphatic hydroxyl groups is 1. The number of hydrogen-bond acceptors (Lipinski definition) is 15. The number of carbonyl (C=O) groups is 10. The van der Waals surface area contributed by atoms with E-state index in [2.05, 4.69) is 42.7 Å². The molecule has 69 heavy (non-hydrogen) atoms. The molecule has 0 fully saturated rings. The van der Waals surface area contributed by atoms with Gasteiger partial charge in [-0.05, 0) is 81.6 Å². The minimum Gasteiger partial charge on any atom is -0.460 e. The Hall–Kier alpha value is -5.58. The molecule has 23 heteroatoms. The van der Waals surface area contributed by atoms with Gasteiger partial charge in [-0.2, -0.15) is 5.48 Å². The van der Waals surface area contributed by atoms with E-state index in [4.69, 9.17) is 19.0 Å². The van der Waals surface area contributed by atoms with Crippen molar-refractivity contribution in [2.75, 3.05) is 45.9 Å². The van der Waals surface area contributed by atoms with Gasteiger partial charge in [0.15, 0.2) is 0 Å². The molecule has 0 aromatic heterocycles. The number of hydroxylamine groups is 1. The summed E-state index contributed by atoms with van der Waals surface area (Å²) in [5, 5.41) is 26.2. The van der Waals surface area contributed by atoms with Crippen LogP contribution in [-0.2, 0) is 62.2 Å². The standard InChI is InChI=1S/C46H82N8O15/c1-44(2,3)67-40(62)22-20-18-16-14-12-10-11-13-15-17-19-21-34(56)52-32(42(64)68-45(4,5)6)23-24-35(57)53-33(31-55)41(63)51-30-39(61)50-29-38(60)49-28-37(59)48-27-36(58)47-25-26-66-54-43(65)69-46(7,8)9/h32-33,55H,10-31H2,1-9H3,(H,47,58)(H,48,59)(H,49,60)(H,50,61)(H,51,63)(H,52,56)(H,53,57)(H,54,65)/t32-,33-/m0/s1. The van der Waals surface area contributed by atoms with E-state index in [0.717, 1.165) is 64.2 Å². The molecule has 9 N–H and O–H groups in total. The molecule has 0 unspecified atom stereocenters. The molecule has 0 rings (SSSR count). The number of aliphatic hydroxyl groups excluding tert-OH is 1. The van der Waals surface area contributed by atoms with Gasteiger partial charge in [-0.1, -0.05) is 57.8 Å². The van der Waals surface area contributed by atoms with Crippen LogP contribution in [0.3, 0.4) is 0 Å². The first-order chi connectivity index (χ1) is 32.2. The third-order valence-corrected chi connectivity index (χ3v) is 9.07. The Labute approximate surface area is 406 Å². The predicted octanol–water partition coefficient (Wildman–Crippen LogP) is 1.52. The van der Waals surface area contributed by atoms with Gasteiger partial charge < -0.3 is 56.5 Å². The fraction of sp³-hybridized carbons (Fsp3) is 0.783. The monoisotopic (exact) mass is 987 g/mol.